The summed E-state index contributed by atoms with van der Waals surface area (Å²) in [5.41, 5.74) is 5.49. The van der Waals surface area contributed by atoms with Crippen LogP contribution in [0.25, 0.3) is 39.5 Å². The highest BCUT2D eigenvalue weighted by Gasteiger charge is 2.22. The second kappa shape index (κ2) is 7.82. The normalized spacial score (nSPS) is 10.9. The third-order valence-electron chi connectivity index (χ3n) is 4.94. The number of fused-ring (bicyclic) bond motifs is 1. The summed E-state index contributed by atoms with van der Waals surface area (Å²) in [5, 5.41) is 5.25. The van der Waals surface area contributed by atoms with Gasteiger partial charge in [0.1, 0.15) is 11.5 Å². The van der Waals surface area contributed by atoms with Gasteiger partial charge >= 0.3 is 0 Å². The predicted molar refractivity (Wildman–Crippen MR) is 121 cm³/mol. The predicted octanol–water partition coefficient (Wildman–Crippen LogP) is 5.11. The maximum absolute atomic E-state index is 13.0. The van der Waals surface area contributed by atoms with E-state index in [1.54, 1.807) is 42.9 Å². The van der Waals surface area contributed by atoms with E-state index in [1.165, 1.54) is 4.68 Å². The van der Waals surface area contributed by atoms with Crippen molar-refractivity contribution in [1.29, 1.82) is 0 Å². The largest absolute Gasteiger partial charge is 0.364 e. The number of aromatic nitrogens is 5. The van der Waals surface area contributed by atoms with Gasteiger partial charge in [0.2, 0.25) is 0 Å². The monoisotopic (exact) mass is 437 g/mol. The SMILES string of the molecule is Cc1[nH]cc2c(=O)n(-c3ccc(Cl)cc3)nc-2c1-c1ccc(-c2ncc[nH]2)cc1.Cl. The van der Waals surface area contributed by atoms with Gasteiger partial charge in [-0.1, -0.05) is 35.9 Å². The number of nitrogens with one attached hydrogen (secondary N) is 2. The lowest BCUT2D eigenvalue weighted by molar-refractivity contribution is 0.858. The molecule has 5 rings (SSSR count). The van der Waals surface area contributed by atoms with Gasteiger partial charge in [0, 0.05) is 40.4 Å². The average molecular weight is 438 g/mol. The first-order valence-corrected chi connectivity index (χ1v) is 9.47. The Balaban J connectivity index is 0.00000218. The third-order valence-corrected chi connectivity index (χ3v) is 5.19. The fourth-order valence-electron chi connectivity index (χ4n) is 3.49. The van der Waals surface area contributed by atoms with Crippen molar-refractivity contribution in [1.82, 2.24) is 24.7 Å². The van der Waals surface area contributed by atoms with Crippen molar-refractivity contribution in [2.24, 2.45) is 0 Å². The van der Waals surface area contributed by atoms with Gasteiger partial charge in [-0.3, -0.25) is 4.79 Å². The molecule has 2 aromatic carbocycles. The molecule has 3 heterocycles. The Morgan fingerprint density at radius 3 is 2.33 bits per heavy atom. The number of aryl methyl sites for hydroxylation is 1. The number of H-pyrrole nitrogens is 2. The maximum Gasteiger partial charge on any atom is 0.282 e. The Morgan fingerprint density at radius 1 is 0.967 bits per heavy atom. The van der Waals surface area contributed by atoms with Crippen molar-refractivity contribution in [3.8, 4) is 39.5 Å². The number of hydrogen-bond donors (Lipinski definition) is 2. The van der Waals surface area contributed by atoms with Gasteiger partial charge in [0.15, 0.2) is 0 Å². The van der Waals surface area contributed by atoms with Crippen LogP contribution in [0.3, 0.4) is 0 Å². The molecule has 0 unspecified atom stereocenters. The molecular formula is C22H17Cl2N5O. The topological polar surface area (TPSA) is 79.4 Å². The lowest BCUT2D eigenvalue weighted by Crippen LogP contribution is -2.14. The van der Waals surface area contributed by atoms with E-state index in [-0.39, 0.29) is 18.0 Å². The second-order valence-corrected chi connectivity index (χ2v) is 7.20. The standard InChI is InChI=1S/C22H16ClN5O.ClH/c1-13-19(14-2-4-15(5-3-14)21-24-10-11-25-21)20-18(12-26-13)22(29)28(27-20)17-8-6-16(23)7-9-17;/h2-12,26H,1H3,(H,24,25);1H. The number of imidazole rings is 1. The van der Waals surface area contributed by atoms with Crippen molar-refractivity contribution in [3.63, 3.8) is 0 Å². The van der Waals surface area contributed by atoms with Crippen molar-refractivity contribution < 1.29 is 0 Å². The number of halogens is 2. The van der Waals surface area contributed by atoms with Gasteiger partial charge in [0.05, 0.1) is 11.3 Å². The molecule has 0 atom stereocenters. The van der Waals surface area contributed by atoms with Gasteiger partial charge in [-0.25, -0.2) is 4.98 Å². The van der Waals surface area contributed by atoms with Crippen molar-refractivity contribution in [2.75, 3.05) is 0 Å². The smallest absolute Gasteiger partial charge is 0.282 e. The molecule has 150 valence electrons. The Labute approximate surface area is 183 Å². The summed E-state index contributed by atoms with van der Waals surface area (Å²) in [6, 6.07) is 15.1. The van der Waals surface area contributed by atoms with E-state index < -0.39 is 0 Å². The second-order valence-electron chi connectivity index (χ2n) is 6.76. The molecule has 0 amide bonds. The van der Waals surface area contributed by atoms with Gasteiger partial charge < -0.3 is 9.97 Å². The van der Waals surface area contributed by atoms with Crippen LogP contribution in [0.4, 0.5) is 0 Å². The molecule has 8 heteroatoms. The zero-order valence-corrected chi connectivity index (χ0v) is 17.5. The molecule has 0 fully saturated rings. The minimum Gasteiger partial charge on any atom is -0.364 e. The van der Waals surface area contributed by atoms with Gasteiger partial charge in [-0.15, -0.1) is 12.4 Å². The Kier molecular flexibility index (Phi) is 5.20. The number of pyridine rings is 1. The molecule has 2 aliphatic rings. The molecule has 0 bridgehead atoms. The first-order chi connectivity index (χ1) is 14.1. The van der Waals surface area contributed by atoms with Crippen molar-refractivity contribution in [3.05, 3.63) is 88.2 Å². The highest BCUT2D eigenvalue weighted by Crippen LogP contribution is 2.33. The van der Waals surface area contributed by atoms with E-state index in [9.17, 15) is 4.79 Å². The molecular weight excluding hydrogens is 421 g/mol. The summed E-state index contributed by atoms with van der Waals surface area (Å²) < 4.78 is 1.41. The number of aromatic amines is 2. The average Bonchev–Trinajstić information content (AvgIpc) is 3.38. The molecule has 0 saturated carbocycles. The summed E-state index contributed by atoms with van der Waals surface area (Å²) in [4.78, 5) is 23.5. The molecule has 2 N–H and O–H groups in total. The number of benzene rings is 2. The van der Waals surface area contributed by atoms with E-state index >= 15 is 0 Å². The van der Waals surface area contributed by atoms with Crippen LogP contribution in [0.5, 0.6) is 0 Å². The van der Waals surface area contributed by atoms with Crippen LogP contribution in [-0.4, -0.2) is 24.7 Å². The maximum atomic E-state index is 13.0. The first-order valence-electron chi connectivity index (χ1n) is 9.09. The molecule has 30 heavy (non-hydrogen) atoms. The van der Waals surface area contributed by atoms with Gasteiger partial charge in [0.25, 0.3) is 5.56 Å². The van der Waals surface area contributed by atoms with E-state index in [0.29, 0.717) is 22.0 Å². The summed E-state index contributed by atoms with van der Waals surface area (Å²) >= 11 is 5.97. The van der Waals surface area contributed by atoms with E-state index in [1.807, 2.05) is 31.2 Å². The third kappa shape index (κ3) is 3.30. The summed E-state index contributed by atoms with van der Waals surface area (Å²) in [5.74, 6) is 0.812. The zero-order valence-electron chi connectivity index (χ0n) is 15.9. The molecule has 3 aromatic rings. The van der Waals surface area contributed by atoms with Crippen LogP contribution in [0, 0.1) is 6.92 Å². The minimum atomic E-state index is -0.174. The van der Waals surface area contributed by atoms with Crippen LogP contribution >= 0.6 is 24.0 Å². The molecule has 0 aliphatic carbocycles. The van der Waals surface area contributed by atoms with Crippen molar-refractivity contribution >= 4 is 24.0 Å². The Hall–Kier alpha value is -3.35. The number of rotatable bonds is 3. The molecule has 0 radical (unpaired) electrons. The van der Waals surface area contributed by atoms with Crippen LogP contribution in [-0.2, 0) is 0 Å². The Morgan fingerprint density at radius 2 is 1.67 bits per heavy atom. The summed E-state index contributed by atoms with van der Waals surface area (Å²) in [6.45, 7) is 1.97. The zero-order chi connectivity index (χ0) is 20.0. The highest BCUT2D eigenvalue weighted by atomic mass is 35.5. The fourth-order valence-corrected chi connectivity index (χ4v) is 3.61. The van der Waals surface area contributed by atoms with Crippen molar-refractivity contribution in [2.45, 2.75) is 6.92 Å². The van der Waals surface area contributed by atoms with E-state index in [2.05, 4.69) is 20.1 Å². The van der Waals surface area contributed by atoms with E-state index in [4.69, 9.17) is 11.6 Å². The molecule has 0 spiro atoms. The number of nitrogens with zero attached hydrogens (tertiary/aromatic N) is 3. The summed E-state index contributed by atoms with van der Waals surface area (Å²) in [6.07, 6.45) is 5.23. The van der Waals surface area contributed by atoms with E-state index in [0.717, 1.165) is 28.2 Å². The molecule has 2 aliphatic heterocycles. The first kappa shape index (κ1) is 19.9. The summed E-state index contributed by atoms with van der Waals surface area (Å²) in [7, 11) is 0. The quantitative estimate of drug-likeness (QED) is 0.411. The van der Waals surface area contributed by atoms with Crippen LogP contribution in [0.2, 0.25) is 5.02 Å². The number of hydrogen-bond acceptors (Lipinski definition) is 3. The van der Waals surface area contributed by atoms with Crippen LogP contribution < -0.4 is 5.56 Å². The Bertz CT molecular complexity index is 1320. The molecule has 6 nitrogen and oxygen atoms in total. The van der Waals surface area contributed by atoms with Crippen LogP contribution in [0.15, 0.2) is 71.9 Å². The van der Waals surface area contributed by atoms with Gasteiger partial charge in [-0.2, -0.15) is 9.78 Å². The lowest BCUT2D eigenvalue weighted by atomic mass is 9.98. The lowest BCUT2D eigenvalue weighted by Gasteiger charge is -2.10. The van der Waals surface area contributed by atoms with Crippen LogP contribution in [0.1, 0.15) is 5.69 Å². The van der Waals surface area contributed by atoms with Gasteiger partial charge in [-0.05, 0) is 36.8 Å². The molecule has 1 aromatic heterocycles. The fraction of sp³-hybridized carbons (Fsp3) is 0.0455. The highest BCUT2D eigenvalue weighted by molar-refractivity contribution is 6.30. The molecule has 0 saturated heterocycles. The minimum absolute atomic E-state index is 0.